The minimum absolute atomic E-state index is 0.0139. The summed E-state index contributed by atoms with van der Waals surface area (Å²) in [5.74, 6) is 0.167. The highest BCUT2D eigenvalue weighted by atomic mass is 16.3. The summed E-state index contributed by atoms with van der Waals surface area (Å²) in [4.78, 5) is 10.7. The second-order valence-electron chi connectivity index (χ2n) is 3.49. The molecule has 0 aliphatic heterocycles. The lowest BCUT2D eigenvalue weighted by Crippen LogP contribution is -2.23. The van der Waals surface area contributed by atoms with Crippen LogP contribution in [0.3, 0.4) is 0 Å². The largest absolute Gasteiger partial charge is 0.393 e. The standard InChI is InChI=1S/C10H16O2/c1-2-4-8(7-11)9-5-3-6-10(9)12/h2,7-10,12H,1,3-6H2/t8-,9+,10-/m0/s1. The maximum absolute atomic E-state index is 10.7. The van der Waals surface area contributed by atoms with Gasteiger partial charge in [-0.2, -0.15) is 0 Å². The molecular formula is C10H16O2. The van der Waals surface area contributed by atoms with E-state index in [1.54, 1.807) is 6.08 Å². The van der Waals surface area contributed by atoms with Crippen LogP contribution in [0.25, 0.3) is 0 Å². The highest BCUT2D eigenvalue weighted by Crippen LogP contribution is 2.32. The second kappa shape index (κ2) is 4.41. The summed E-state index contributed by atoms with van der Waals surface area (Å²) >= 11 is 0. The van der Waals surface area contributed by atoms with Crippen LogP contribution in [0.15, 0.2) is 12.7 Å². The third-order valence-electron chi connectivity index (χ3n) is 2.70. The molecule has 2 nitrogen and oxygen atoms in total. The smallest absolute Gasteiger partial charge is 0.123 e. The molecule has 0 amide bonds. The molecule has 0 aromatic carbocycles. The number of aliphatic hydroxyl groups is 1. The predicted molar refractivity (Wildman–Crippen MR) is 47.7 cm³/mol. The Balaban J connectivity index is 2.51. The van der Waals surface area contributed by atoms with Gasteiger partial charge >= 0.3 is 0 Å². The first kappa shape index (κ1) is 9.46. The van der Waals surface area contributed by atoms with Crippen molar-refractivity contribution in [3.63, 3.8) is 0 Å². The molecule has 12 heavy (non-hydrogen) atoms. The minimum atomic E-state index is -0.264. The highest BCUT2D eigenvalue weighted by molar-refractivity contribution is 5.54. The van der Waals surface area contributed by atoms with Gasteiger partial charge in [-0.1, -0.05) is 12.5 Å². The van der Waals surface area contributed by atoms with E-state index in [0.717, 1.165) is 25.5 Å². The molecule has 1 N–H and O–H groups in total. The molecule has 3 atom stereocenters. The quantitative estimate of drug-likeness (QED) is 0.510. The van der Waals surface area contributed by atoms with E-state index in [1.165, 1.54) is 0 Å². The Morgan fingerprint density at radius 2 is 2.33 bits per heavy atom. The molecule has 0 heterocycles. The summed E-state index contributed by atoms with van der Waals surface area (Å²) in [6.45, 7) is 3.60. The van der Waals surface area contributed by atoms with Crippen LogP contribution < -0.4 is 0 Å². The van der Waals surface area contributed by atoms with Gasteiger partial charge in [-0.05, 0) is 25.2 Å². The normalized spacial score (nSPS) is 31.4. The molecule has 1 saturated carbocycles. The zero-order chi connectivity index (χ0) is 8.97. The topological polar surface area (TPSA) is 37.3 Å². The van der Waals surface area contributed by atoms with E-state index in [9.17, 15) is 9.90 Å². The van der Waals surface area contributed by atoms with Gasteiger partial charge in [0.05, 0.1) is 6.10 Å². The number of hydrogen-bond acceptors (Lipinski definition) is 2. The summed E-state index contributed by atoms with van der Waals surface area (Å²) < 4.78 is 0. The van der Waals surface area contributed by atoms with Gasteiger partial charge in [-0.25, -0.2) is 0 Å². The molecule has 0 bridgehead atoms. The Bertz CT molecular complexity index is 165. The molecule has 1 rings (SSSR count). The lowest BCUT2D eigenvalue weighted by molar-refractivity contribution is -0.113. The second-order valence-corrected chi connectivity index (χ2v) is 3.49. The lowest BCUT2D eigenvalue weighted by atomic mass is 9.88. The average molecular weight is 168 g/mol. The first-order chi connectivity index (χ1) is 5.79. The molecule has 1 fully saturated rings. The molecule has 0 aromatic heterocycles. The van der Waals surface area contributed by atoms with E-state index in [1.807, 2.05) is 0 Å². The molecule has 0 aromatic rings. The van der Waals surface area contributed by atoms with Crippen LogP contribution in [0.1, 0.15) is 25.7 Å². The van der Waals surface area contributed by atoms with E-state index < -0.39 is 0 Å². The maximum Gasteiger partial charge on any atom is 0.123 e. The van der Waals surface area contributed by atoms with Crippen molar-refractivity contribution in [1.82, 2.24) is 0 Å². The Kier molecular flexibility index (Phi) is 3.48. The van der Waals surface area contributed by atoms with E-state index in [2.05, 4.69) is 6.58 Å². The van der Waals surface area contributed by atoms with Crippen LogP contribution in [0.5, 0.6) is 0 Å². The van der Waals surface area contributed by atoms with Crippen molar-refractivity contribution in [2.75, 3.05) is 0 Å². The predicted octanol–water partition coefficient (Wildman–Crippen LogP) is 1.54. The lowest BCUT2D eigenvalue weighted by Gasteiger charge is -2.19. The number of aldehydes is 1. The Morgan fingerprint density at radius 1 is 1.58 bits per heavy atom. The van der Waals surface area contributed by atoms with Crippen molar-refractivity contribution in [3.05, 3.63) is 12.7 Å². The van der Waals surface area contributed by atoms with Crippen LogP contribution in [0.2, 0.25) is 0 Å². The van der Waals surface area contributed by atoms with Gasteiger partial charge in [-0.3, -0.25) is 0 Å². The minimum Gasteiger partial charge on any atom is -0.393 e. The Morgan fingerprint density at radius 3 is 2.75 bits per heavy atom. The fourth-order valence-electron chi connectivity index (χ4n) is 1.99. The summed E-state index contributed by atoms with van der Waals surface area (Å²) in [5.41, 5.74) is 0. The third-order valence-corrected chi connectivity index (χ3v) is 2.70. The maximum atomic E-state index is 10.7. The van der Waals surface area contributed by atoms with Crippen molar-refractivity contribution < 1.29 is 9.90 Å². The van der Waals surface area contributed by atoms with Crippen LogP contribution in [0, 0.1) is 11.8 Å². The SMILES string of the molecule is C=CC[C@@H](C=O)[C@H]1CCC[C@@H]1O. The van der Waals surface area contributed by atoms with Gasteiger partial charge in [0, 0.05) is 5.92 Å². The molecule has 1 aliphatic rings. The molecule has 68 valence electrons. The first-order valence-electron chi connectivity index (χ1n) is 4.54. The van der Waals surface area contributed by atoms with Crippen molar-refractivity contribution in [1.29, 1.82) is 0 Å². The summed E-state index contributed by atoms with van der Waals surface area (Å²) in [5, 5.41) is 9.52. The van der Waals surface area contributed by atoms with Gasteiger partial charge < -0.3 is 9.90 Å². The molecule has 2 heteroatoms. The van der Waals surface area contributed by atoms with Crippen molar-refractivity contribution in [2.24, 2.45) is 11.8 Å². The van der Waals surface area contributed by atoms with Crippen LogP contribution in [-0.2, 0) is 4.79 Å². The van der Waals surface area contributed by atoms with Crippen LogP contribution in [0.4, 0.5) is 0 Å². The third kappa shape index (κ3) is 1.95. The fourth-order valence-corrected chi connectivity index (χ4v) is 1.99. The summed E-state index contributed by atoms with van der Waals surface area (Å²) in [6, 6.07) is 0. The molecule has 0 unspecified atom stereocenters. The highest BCUT2D eigenvalue weighted by Gasteiger charge is 2.31. The van der Waals surface area contributed by atoms with Crippen LogP contribution >= 0.6 is 0 Å². The number of allylic oxidation sites excluding steroid dienone is 1. The summed E-state index contributed by atoms with van der Waals surface area (Å²) in [7, 11) is 0. The van der Waals surface area contributed by atoms with Crippen molar-refractivity contribution >= 4 is 6.29 Å². The van der Waals surface area contributed by atoms with E-state index >= 15 is 0 Å². The van der Waals surface area contributed by atoms with Gasteiger partial charge in [-0.15, -0.1) is 6.58 Å². The monoisotopic (exact) mass is 168 g/mol. The van der Waals surface area contributed by atoms with Crippen molar-refractivity contribution in [3.8, 4) is 0 Å². The molecular weight excluding hydrogens is 152 g/mol. The van der Waals surface area contributed by atoms with Crippen molar-refractivity contribution in [2.45, 2.75) is 31.8 Å². The Hall–Kier alpha value is -0.630. The van der Waals surface area contributed by atoms with E-state index in [-0.39, 0.29) is 17.9 Å². The number of carbonyl (C=O) groups is 1. The average Bonchev–Trinajstić information content (AvgIpc) is 2.47. The van der Waals surface area contributed by atoms with Gasteiger partial charge in [0.15, 0.2) is 0 Å². The molecule has 1 aliphatic carbocycles. The summed E-state index contributed by atoms with van der Waals surface area (Å²) in [6.07, 6.45) is 6.04. The molecule has 0 radical (unpaired) electrons. The fraction of sp³-hybridized carbons (Fsp3) is 0.700. The zero-order valence-corrected chi connectivity index (χ0v) is 7.28. The number of hydrogen-bond donors (Lipinski definition) is 1. The first-order valence-corrected chi connectivity index (χ1v) is 4.54. The number of rotatable bonds is 4. The number of aliphatic hydroxyl groups excluding tert-OH is 1. The van der Waals surface area contributed by atoms with E-state index in [0.29, 0.717) is 6.42 Å². The molecule has 0 saturated heterocycles. The number of carbonyl (C=O) groups excluding carboxylic acids is 1. The molecule has 0 spiro atoms. The van der Waals surface area contributed by atoms with Crippen LogP contribution in [-0.4, -0.2) is 17.5 Å². The zero-order valence-electron chi connectivity index (χ0n) is 7.28. The Labute approximate surface area is 73.3 Å². The van der Waals surface area contributed by atoms with E-state index in [4.69, 9.17) is 0 Å². The van der Waals surface area contributed by atoms with Gasteiger partial charge in [0.1, 0.15) is 6.29 Å². The van der Waals surface area contributed by atoms with Gasteiger partial charge in [0.2, 0.25) is 0 Å². The van der Waals surface area contributed by atoms with Gasteiger partial charge in [0.25, 0.3) is 0 Å².